The van der Waals surface area contributed by atoms with E-state index in [0.717, 1.165) is 71.8 Å². The van der Waals surface area contributed by atoms with Crippen LogP contribution in [0.25, 0.3) is 83.2 Å². The fourth-order valence-electron chi connectivity index (χ4n) is 6.74. The van der Waals surface area contributed by atoms with Gasteiger partial charge in [-0.3, -0.25) is 9.55 Å². The lowest BCUT2D eigenvalue weighted by Crippen LogP contribution is -2.02. The maximum atomic E-state index is 10.9. The van der Waals surface area contributed by atoms with Crippen molar-refractivity contribution >= 4 is 32.4 Å². The highest BCUT2D eigenvalue weighted by Gasteiger charge is 2.22. The molecule has 0 amide bonds. The first kappa shape index (κ1) is 27.7. The summed E-state index contributed by atoms with van der Waals surface area (Å²) in [5.74, 6) is 0.970. The fraction of sp³-hybridized carbons (Fsp3) is 0. The second-order valence-corrected chi connectivity index (χ2v) is 11.9. The topological polar surface area (TPSA) is 63.8 Å². The Morgan fingerprint density at radius 1 is 0.479 bits per heavy atom. The molecule has 0 saturated carbocycles. The average Bonchev–Trinajstić information content (AvgIpc) is 3.60. The lowest BCUT2D eigenvalue weighted by molar-refractivity contribution is 0.482. The average molecular weight is 617 g/mol. The Kier molecular flexibility index (Phi) is 6.54. The van der Waals surface area contributed by atoms with Gasteiger partial charge in [0.25, 0.3) is 0 Å². The zero-order chi connectivity index (χ0) is 32.0. The maximum absolute atomic E-state index is 10.9. The molecular formula is C43H28N4O. The normalized spacial score (nSPS) is 11.4. The largest absolute Gasteiger partial charge is 0.507 e. The zero-order valence-corrected chi connectivity index (χ0v) is 25.8. The third kappa shape index (κ3) is 4.60. The van der Waals surface area contributed by atoms with E-state index >= 15 is 0 Å². The number of aromatic hydroxyl groups is 1. The van der Waals surface area contributed by atoms with Crippen LogP contribution in [0.3, 0.4) is 0 Å². The van der Waals surface area contributed by atoms with Gasteiger partial charge in [0.05, 0.1) is 16.9 Å². The molecule has 226 valence electrons. The van der Waals surface area contributed by atoms with Crippen molar-refractivity contribution < 1.29 is 5.11 Å². The molecule has 0 aliphatic carbocycles. The molecule has 6 aromatic carbocycles. The predicted octanol–water partition coefficient (Wildman–Crippen LogP) is 10.5. The molecule has 0 saturated heterocycles. The van der Waals surface area contributed by atoms with Crippen molar-refractivity contribution in [3.8, 4) is 56.5 Å². The molecule has 0 bridgehead atoms. The van der Waals surface area contributed by atoms with Crippen LogP contribution in [0.5, 0.6) is 5.75 Å². The van der Waals surface area contributed by atoms with Crippen molar-refractivity contribution in [2.45, 2.75) is 0 Å². The van der Waals surface area contributed by atoms with E-state index < -0.39 is 0 Å². The van der Waals surface area contributed by atoms with Gasteiger partial charge in [-0.15, -0.1) is 0 Å². The van der Waals surface area contributed by atoms with Crippen molar-refractivity contribution in [1.29, 1.82) is 0 Å². The summed E-state index contributed by atoms with van der Waals surface area (Å²) in [7, 11) is 0. The number of nitrogens with zero attached hydrogens (tertiary/aromatic N) is 4. The molecule has 3 heterocycles. The summed E-state index contributed by atoms with van der Waals surface area (Å²) in [6.07, 6.45) is 5.88. The molecule has 0 spiro atoms. The molecular weight excluding hydrogens is 589 g/mol. The third-order valence-corrected chi connectivity index (χ3v) is 9.00. The number of phenolic OH excluding ortho intramolecular Hbond substituents is 1. The third-order valence-electron chi connectivity index (χ3n) is 9.00. The minimum atomic E-state index is 0.208. The number of imidazole rings is 1. The number of hydrogen-bond acceptors (Lipinski definition) is 4. The Morgan fingerprint density at radius 2 is 1.12 bits per heavy atom. The highest BCUT2D eigenvalue weighted by atomic mass is 16.3. The van der Waals surface area contributed by atoms with Crippen LogP contribution >= 0.6 is 0 Å². The van der Waals surface area contributed by atoms with Gasteiger partial charge in [-0.25, -0.2) is 9.97 Å². The Bertz CT molecular complexity index is 2560. The number of rotatable bonds is 5. The summed E-state index contributed by atoms with van der Waals surface area (Å²) < 4.78 is 2.20. The number of fused-ring (bicyclic) bond motifs is 4. The zero-order valence-electron chi connectivity index (χ0n) is 25.8. The van der Waals surface area contributed by atoms with Gasteiger partial charge in [-0.2, -0.15) is 0 Å². The summed E-state index contributed by atoms with van der Waals surface area (Å²) in [4.78, 5) is 15.2. The molecule has 5 heteroatoms. The SMILES string of the molecule is Oc1cccc2ccc3ccc(-c4cn(-c5c(-c6ccccc6)cccc5-c5ccccc5)c(-c5cncc6ccccc56)n4)nc3c12. The highest BCUT2D eigenvalue weighted by Crippen LogP contribution is 2.41. The van der Waals surface area contributed by atoms with Gasteiger partial charge < -0.3 is 5.11 Å². The van der Waals surface area contributed by atoms with Gasteiger partial charge in [0.2, 0.25) is 0 Å². The van der Waals surface area contributed by atoms with E-state index in [1.807, 2.05) is 60.9 Å². The van der Waals surface area contributed by atoms with Crippen LogP contribution in [0.15, 0.2) is 164 Å². The summed E-state index contributed by atoms with van der Waals surface area (Å²) in [6.45, 7) is 0. The fourth-order valence-corrected chi connectivity index (χ4v) is 6.74. The summed E-state index contributed by atoms with van der Waals surface area (Å²) in [5.41, 5.74) is 8.47. The smallest absolute Gasteiger partial charge is 0.147 e. The Morgan fingerprint density at radius 3 is 1.90 bits per heavy atom. The Labute approximate surface area is 277 Å². The van der Waals surface area contributed by atoms with E-state index in [0.29, 0.717) is 11.4 Å². The summed E-state index contributed by atoms with van der Waals surface area (Å²) in [5, 5.41) is 15.6. The van der Waals surface area contributed by atoms with Crippen LogP contribution < -0.4 is 0 Å². The number of pyridine rings is 2. The first-order chi connectivity index (χ1) is 23.7. The molecule has 0 atom stereocenters. The molecule has 3 aromatic heterocycles. The van der Waals surface area contributed by atoms with Crippen LogP contribution in [0.2, 0.25) is 0 Å². The molecule has 48 heavy (non-hydrogen) atoms. The minimum absolute atomic E-state index is 0.208. The quantitative estimate of drug-likeness (QED) is 0.195. The summed E-state index contributed by atoms with van der Waals surface area (Å²) in [6, 6.07) is 49.4. The summed E-state index contributed by atoms with van der Waals surface area (Å²) >= 11 is 0. The van der Waals surface area contributed by atoms with Crippen LogP contribution in [-0.4, -0.2) is 24.6 Å². The van der Waals surface area contributed by atoms with Gasteiger partial charge in [-0.1, -0.05) is 133 Å². The van der Waals surface area contributed by atoms with Gasteiger partial charge in [-0.05, 0) is 34.0 Å². The monoisotopic (exact) mass is 616 g/mol. The second-order valence-electron chi connectivity index (χ2n) is 11.9. The molecule has 1 N–H and O–H groups in total. The van der Waals surface area contributed by atoms with Crippen LogP contribution in [0.1, 0.15) is 0 Å². The van der Waals surface area contributed by atoms with Crippen LogP contribution in [0.4, 0.5) is 0 Å². The first-order valence-electron chi connectivity index (χ1n) is 15.9. The number of phenols is 1. The van der Waals surface area contributed by atoms with E-state index in [1.54, 1.807) is 6.07 Å². The molecule has 9 rings (SSSR count). The molecule has 0 unspecified atom stereocenters. The number of aromatic nitrogens is 4. The minimum Gasteiger partial charge on any atom is -0.507 e. The van der Waals surface area contributed by atoms with E-state index in [9.17, 15) is 5.11 Å². The number of para-hydroxylation sites is 1. The first-order valence-corrected chi connectivity index (χ1v) is 15.9. The standard InChI is InChI=1S/C43H28N4O/c48-39-20-9-16-30-21-22-31-23-24-37(45-41(31)40(30)39)38-27-47(43(46-38)36-26-44-25-32-15-7-8-17-33(32)36)42-34(28-11-3-1-4-12-28)18-10-19-35(42)29-13-5-2-6-14-29/h1-27,48H. The van der Waals surface area contributed by atoms with Gasteiger partial charge >= 0.3 is 0 Å². The van der Waals surface area contributed by atoms with Crippen molar-refractivity contribution in [2.75, 3.05) is 0 Å². The lowest BCUT2D eigenvalue weighted by atomic mass is 9.95. The van der Waals surface area contributed by atoms with E-state index in [4.69, 9.17) is 9.97 Å². The second kappa shape index (κ2) is 11.3. The van der Waals surface area contributed by atoms with Crippen LogP contribution in [-0.2, 0) is 0 Å². The Balaban J connectivity index is 1.37. The highest BCUT2D eigenvalue weighted by molar-refractivity contribution is 6.09. The van der Waals surface area contributed by atoms with E-state index in [-0.39, 0.29) is 5.75 Å². The molecule has 5 nitrogen and oxygen atoms in total. The van der Waals surface area contributed by atoms with Crippen molar-refractivity contribution in [3.63, 3.8) is 0 Å². The van der Waals surface area contributed by atoms with Gasteiger partial charge in [0.15, 0.2) is 0 Å². The molecule has 0 radical (unpaired) electrons. The molecule has 9 aromatic rings. The predicted molar refractivity (Wildman–Crippen MR) is 195 cm³/mol. The molecule has 0 fully saturated rings. The van der Waals surface area contributed by atoms with Crippen molar-refractivity contribution in [3.05, 3.63) is 164 Å². The lowest BCUT2D eigenvalue weighted by Gasteiger charge is -2.19. The molecule has 0 aliphatic heterocycles. The number of hydrogen-bond donors (Lipinski definition) is 1. The Hall–Kier alpha value is -6.59. The van der Waals surface area contributed by atoms with Gasteiger partial charge in [0, 0.05) is 51.4 Å². The van der Waals surface area contributed by atoms with Gasteiger partial charge in [0.1, 0.15) is 17.3 Å². The van der Waals surface area contributed by atoms with E-state index in [1.165, 1.54) is 0 Å². The maximum Gasteiger partial charge on any atom is 0.147 e. The van der Waals surface area contributed by atoms with Crippen molar-refractivity contribution in [2.24, 2.45) is 0 Å². The number of benzene rings is 6. The van der Waals surface area contributed by atoms with Crippen molar-refractivity contribution in [1.82, 2.24) is 19.5 Å². The van der Waals surface area contributed by atoms with Crippen LogP contribution in [0, 0.1) is 0 Å². The van der Waals surface area contributed by atoms with E-state index in [2.05, 4.69) is 107 Å². The molecule has 0 aliphatic rings.